The van der Waals surface area contributed by atoms with Gasteiger partial charge in [0.15, 0.2) is 6.29 Å². The quantitative estimate of drug-likeness (QED) is 0.336. The van der Waals surface area contributed by atoms with Crippen LogP contribution in [-0.2, 0) is 23.8 Å². The van der Waals surface area contributed by atoms with Gasteiger partial charge in [-0.15, -0.1) is 0 Å². The van der Waals surface area contributed by atoms with E-state index in [1.165, 1.54) is 25.7 Å². The van der Waals surface area contributed by atoms with Crippen LogP contribution < -0.4 is 0 Å². The molecule has 0 radical (unpaired) electrons. The van der Waals surface area contributed by atoms with E-state index in [-0.39, 0.29) is 29.5 Å². The summed E-state index contributed by atoms with van der Waals surface area (Å²) in [5.41, 5.74) is 1.29. The predicted molar refractivity (Wildman–Crippen MR) is 156 cm³/mol. The van der Waals surface area contributed by atoms with Crippen LogP contribution >= 0.6 is 0 Å². The van der Waals surface area contributed by atoms with Gasteiger partial charge >= 0.3 is 5.97 Å². The van der Waals surface area contributed by atoms with E-state index >= 15 is 0 Å². The van der Waals surface area contributed by atoms with Gasteiger partial charge in [0.1, 0.15) is 36.3 Å². The Kier molecular flexibility index (Phi) is 8.66. The van der Waals surface area contributed by atoms with Gasteiger partial charge in [-0.25, -0.2) is 4.79 Å². The Morgan fingerprint density at radius 1 is 0.977 bits per heavy atom. The van der Waals surface area contributed by atoms with Crippen molar-refractivity contribution in [3.05, 3.63) is 11.1 Å². The number of aliphatic hydroxyl groups is 4. The maximum absolute atomic E-state index is 13.3. The molecule has 0 aromatic carbocycles. The molecule has 14 atom stereocenters. The van der Waals surface area contributed by atoms with Crippen molar-refractivity contribution in [3.63, 3.8) is 0 Å². The summed E-state index contributed by atoms with van der Waals surface area (Å²) in [6, 6.07) is 0. The second-order valence-corrected chi connectivity index (χ2v) is 15.3. The number of esters is 1. The summed E-state index contributed by atoms with van der Waals surface area (Å²) in [5, 5.41) is 39.8. The topological polar surface area (TPSA) is 143 Å². The molecule has 242 valence electrons. The highest BCUT2D eigenvalue weighted by Gasteiger charge is 2.62. The fourth-order valence-corrected chi connectivity index (χ4v) is 10.9. The second kappa shape index (κ2) is 11.8. The van der Waals surface area contributed by atoms with Gasteiger partial charge in [-0.1, -0.05) is 26.3 Å². The highest BCUT2D eigenvalue weighted by Crippen LogP contribution is 2.68. The van der Waals surface area contributed by atoms with Crippen molar-refractivity contribution in [2.75, 3.05) is 13.2 Å². The molecule has 0 aromatic heterocycles. The van der Waals surface area contributed by atoms with Crippen molar-refractivity contribution in [3.8, 4) is 0 Å². The van der Waals surface area contributed by atoms with E-state index in [0.717, 1.165) is 37.7 Å². The number of ether oxygens (including phenoxy) is 3. The first-order valence-electron chi connectivity index (χ1n) is 16.8. The normalized spacial score (nSPS) is 49.2. The largest absolute Gasteiger partial charge is 0.458 e. The third kappa shape index (κ3) is 5.05. The van der Waals surface area contributed by atoms with Crippen LogP contribution in [0.5, 0.6) is 0 Å². The van der Waals surface area contributed by atoms with Gasteiger partial charge in [-0.05, 0) is 99.2 Å². The Morgan fingerprint density at radius 3 is 2.47 bits per heavy atom. The summed E-state index contributed by atoms with van der Waals surface area (Å²) in [5.74, 6) is 3.03. The summed E-state index contributed by atoms with van der Waals surface area (Å²) in [6.07, 6.45) is 3.53. The predicted octanol–water partition coefficient (Wildman–Crippen LogP) is 3.30. The van der Waals surface area contributed by atoms with Crippen molar-refractivity contribution in [2.45, 2.75) is 129 Å². The van der Waals surface area contributed by atoms with E-state index in [1.807, 2.05) is 6.92 Å². The molecule has 1 saturated heterocycles. The molecule has 5 fully saturated rings. The molecule has 6 aliphatic rings. The maximum Gasteiger partial charge on any atom is 0.336 e. The monoisotopic (exact) mass is 604 g/mol. The molecule has 6 rings (SSSR count). The van der Waals surface area contributed by atoms with Crippen LogP contribution in [0.3, 0.4) is 0 Å². The summed E-state index contributed by atoms with van der Waals surface area (Å²) in [4.78, 5) is 26.6. The smallest absolute Gasteiger partial charge is 0.336 e. The van der Waals surface area contributed by atoms with Crippen molar-refractivity contribution in [1.29, 1.82) is 0 Å². The van der Waals surface area contributed by atoms with Gasteiger partial charge in [0, 0.05) is 18.3 Å². The van der Waals surface area contributed by atoms with Crippen LogP contribution in [0.1, 0.15) is 91.9 Å². The zero-order valence-electron chi connectivity index (χ0n) is 26.2. The van der Waals surface area contributed by atoms with Gasteiger partial charge in [0.25, 0.3) is 0 Å². The van der Waals surface area contributed by atoms with Crippen LogP contribution in [0.4, 0.5) is 0 Å². The number of Topliss-reactive ketones (excluding diaryl/α,β-unsaturated/α-hetero) is 1. The summed E-state index contributed by atoms with van der Waals surface area (Å²) >= 11 is 0. The minimum Gasteiger partial charge on any atom is -0.458 e. The van der Waals surface area contributed by atoms with Crippen molar-refractivity contribution in [2.24, 2.45) is 46.3 Å². The summed E-state index contributed by atoms with van der Waals surface area (Å²) < 4.78 is 17.2. The lowest BCUT2D eigenvalue weighted by Crippen LogP contribution is -2.59. The number of cyclic esters (lactones) is 1. The fraction of sp³-hybridized carbons (Fsp3) is 0.882. The zero-order chi connectivity index (χ0) is 30.8. The molecule has 4 aliphatic carbocycles. The molecule has 2 heterocycles. The first-order valence-corrected chi connectivity index (χ1v) is 16.8. The van der Waals surface area contributed by atoms with Gasteiger partial charge in [0.05, 0.1) is 18.8 Å². The number of carbonyl (C=O) groups excluding carboxylic acids is 2. The van der Waals surface area contributed by atoms with Gasteiger partial charge < -0.3 is 34.6 Å². The number of aliphatic hydroxyl groups excluding tert-OH is 4. The number of carbonyl (C=O) groups is 2. The highest BCUT2D eigenvalue weighted by molar-refractivity contribution is 5.90. The fourth-order valence-electron chi connectivity index (χ4n) is 10.9. The van der Waals surface area contributed by atoms with E-state index in [0.29, 0.717) is 47.4 Å². The molecular formula is C34H52O9. The number of hydrogen-bond donors (Lipinski definition) is 4. The first kappa shape index (κ1) is 31.6. The Labute approximate surface area is 255 Å². The van der Waals surface area contributed by atoms with Crippen molar-refractivity contribution < 1.29 is 44.2 Å². The minimum absolute atomic E-state index is 0.138. The molecule has 9 heteroatoms. The SMILES string of the molecule is CC1=C(CO[C@@H]2O[C@H](CO)[C@@H](O)[C@H](O)[C@H]2O)C(=O)O[C@@H]([C@H](C)[C@H]2CC[C@@H]3[C@@H]4CC[C@H]5CCCC(=O)[C@]5(C)[C@H]4CC[C@]23C)C1. The third-order valence-electron chi connectivity index (χ3n) is 13.5. The Hall–Kier alpha value is -1.36. The van der Waals surface area contributed by atoms with Crippen molar-refractivity contribution in [1.82, 2.24) is 0 Å². The molecule has 4 saturated carbocycles. The zero-order valence-corrected chi connectivity index (χ0v) is 26.2. The van der Waals surface area contributed by atoms with Gasteiger partial charge in [0.2, 0.25) is 0 Å². The van der Waals surface area contributed by atoms with Gasteiger partial charge in [-0.3, -0.25) is 4.79 Å². The van der Waals surface area contributed by atoms with E-state index in [9.17, 15) is 30.0 Å². The molecule has 0 amide bonds. The molecule has 43 heavy (non-hydrogen) atoms. The van der Waals surface area contributed by atoms with Crippen LogP contribution in [0, 0.1) is 46.3 Å². The van der Waals surface area contributed by atoms with Crippen LogP contribution in [0.2, 0.25) is 0 Å². The molecule has 4 N–H and O–H groups in total. The van der Waals surface area contributed by atoms with E-state index < -0.39 is 43.3 Å². The van der Waals surface area contributed by atoms with Crippen LogP contribution in [-0.4, -0.2) is 82.2 Å². The molecule has 9 nitrogen and oxygen atoms in total. The minimum atomic E-state index is -1.54. The Bertz CT molecular complexity index is 1120. The number of ketones is 1. The van der Waals surface area contributed by atoms with Gasteiger partial charge in [-0.2, -0.15) is 0 Å². The standard InChI is InChI=1S/C34H52O9/c1-17-14-25(42-31(40)21(17)16-41-32-30(39)29(38)28(37)26(15-35)43-32)18(2)22-10-11-23-20-9-8-19-6-5-7-27(36)34(19,4)24(20)12-13-33(22,23)3/h18-20,22-26,28-30,32,35,37-39H,5-16H2,1-4H3/t18-,19-,20+,22-,23-,24+,25-,26-,28-,29+,30-,32-,33-,34+/m1/s1. The molecule has 0 spiro atoms. The Balaban J connectivity index is 1.12. The average Bonchev–Trinajstić information content (AvgIpc) is 3.34. The number of rotatable bonds is 6. The number of hydrogen-bond acceptors (Lipinski definition) is 9. The van der Waals surface area contributed by atoms with Crippen molar-refractivity contribution >= 4 is 11.8 Å². The second-order valence-electron chi connectivity index (χ2n) is 15.3. The molecule has 2 aliphatic heterocycles. The average molecular weight is 605 g/mol. The lowest BCUT2D eigenvalue weighted by atomic mass is 9.44. The van der Waals surface area contributed by atoms with E-state index in [4.69, 9.17) is 14.2 Å². The molecule has 0 aromatic rings. The highest BCUT2D eigenvalue weighted by atomic mass is 16.7. The molecule has 0 bridgehead atoms. The molecule has 0 unspecified atom stereocenters. The first-order chi connectivity index (χ1) is 20.4. The Morgan fingerprint density at radius 2 is 1.74 bits per heavy atom. The summed E-state index contributed by atoms with van der Waals surface area (Å²) in [6.45, 7) is 8.23. The van der Waals surface area contributed by atoms with E-state index in [2.05, 4.69) is 20.8 Å². The maximum atomic E-state index is 13.3. The summed E-state index contributed by atoms with van der Waals surface area (Å²) in [7, 11) is 0. The number of fused-ring (bicyclic) bond motifs is 5. The lowest BCUT2D eigenvalue weighted by molar-refractivity contribution is -0.299. The molecular weight excluding hydrogens is 552 g/mol. The third-order valence-corrected chi connectivity index (χ3v) is 13.5. The lowest BCUT2D eigenvalue weighted by Gasteiger charge is -2.60. The van der Waals surface area contributed by atoms with E-state index in [1.54, 1.807) is 0 Å². The van der Waals surface area contributed by atoms with Crippen LogP contribution in [0.25, 0.3) is 0 Å². The van der Waals surface area contributed by atoms with Crippen LogP contribution in [0.15, 0.2) is 11.1 Å².